The second-order valence-corrected chi connectivity index (χ2v) is 5.57. The van der Waals surface area contributed by atoms with E-state index >= 15 is 0 Å². The predicted molar refractivity (Wildman–Crippen MR) is 77.3 cm³/mol. The Labute approximate surface area is 119 Å². The molecule has 0 aliphatic carbocycles. The molecule has 96 valence electrons. The summed E-state index contributed by atoms with van der Waals surface area (Å²) in [5.74, 6) is 0.462. The highest BCUT2D eigenvalue weighted by atomic mass is 79.9. The molecule has 19 heavy (non-hydrogen) atoms. The van der Waals surface area contributed by atoms with Gasteiger partial charge in [0.15, 0.2) is 5.65 Å². The molecule has 6 nitrogen and oxygen atoms in total. The molecular weight excluding hydrogens is 332 g/mol. The van der Waals surface area contributed by atoms with Crippen LogP contribution in [0.3, 0.4) is 0 Å². The van der Waals surface area contributed by atoms with Gasteiger partial charge in [-0.2, -0.15) is 0 Å². The lowest BCUT2D eigenvalue weighted by Crippen LogP contribution is -1.93. The summed E-state index contributed by atoms with van der Waals surface area (Å²) in [6.07, 6.45) is 1.80. The highest BCUT2D eigenvalue weighted by molar-refractivity contribution is 9.10. The van der Waals surface area contributed by atoms with Crippen LogP contribution in [-0.4, -0.2) is 14.3 Å². The molecule has 0 aromatic carbocycles. The molecule has 0 saturated heterocycles. The topological polar surface area (TPSA) is 86.5 Å². The summed E-state index contributed by atoms with van der Waals surface area (Å²) in [7, 11) is 0. The first kappa shape index (κ1) is 12.1. The Morgan fingerprint density at radius 1 is 1.53 bits per heavy atom. The molecule has 3 heterocycles. The van der Waals surface area contributed by atoms with Crippen LogP contribution in [0.2, 0.25) is 0 Å². The third-order valence-corrected chi connectivity index (χ3v) is 4.18. The normalized spacial score (nSPS) is 11.0. The largest absolute Gasteiger partial charge is 0.383 e. The average Bonchev–Trinajstić information content (AvgIpc) is 2.96. The van der Waals surface area contributed by atoms with Gasteiger partial charge in [-0.15, -0.1) is 0 Å². The first-order chi connectivity index (χ1) is 9.08. The number of nitrogens with zero attached hydrogens (tertiary/aromatic N) is 3. The molecule has 0 amide bonds. The molecule has 3 rings (SSSR count). The third-order valence-electron chi connectivity index (χ3n) is 2.68. The van der Waals surface area contributed by atoms with E-state index in [2.05, 4.69) is 20.9 Å². The maximum absolute atomic E-state index is 10.7. The molecule has 0 atom stereocenters. The lowest BCUT2D eigenvalue weighted by Gasteiger charge is -1.96. The molecular formula is C11H7BrN4O2S. The number of nitrogen functional groups attached to an aromatic ring is 1. The van der Waals surface area contributed by atoms with Crippen molar-refractivity contribution in [2.75, 3.05) is 5.73 Å². The fourth-order valence-electron chi connectivity index (χ4n) is 1.81. The minimum absolute atomic E-state index is 0.0746. The van der Waals surface area contributed by atoms with Crippen LogP contribution in [0.15, 0.2) is 34.2 Å². The number of nitrogens with two attached hydrogens (primary N) is 1. The van der Waals surface area contributed by atoms with Gasteiger partial charge in [0.2, 0.25) is 0 Å². The zero-order valence-electron chi connectivity index (χ0n) is 9.41. The van der Waals surface area contributed by atoms with Crippen LogP contribution in [0.4, 0.5) is 10.8 Å². The Morgan fingerprint density at radius 2 is 2.32 bits per heavy atom. The van der Waals surface area contributed by atoms with Crippen molar-refractivity contribution < 1.29 is 4.92 Å². The van der Waals surface area contributed by atoms with Crippen molar-refractivity contribution in [1.29, 1.82) is 0 Å². The van der Waals surface area contributed by atoms with Crippen molar-refractivity contribution in [1.82, 2.24) is 9.38 Å². The molecule has 0 spiro atoms. The molecule has 0 aliphatic rings. The molecule has 0 fully saturated rings. The van der Waals surface area contributed by atoms with Crippen molar-refractivity contribution >= 4 is 43.7 Å². The van der Waals surface area contributed by atoms with Gasteiger partial charge in [-0.3, -0.25) is 14.5 Å². The number of hydrogen-bond acceptors (Lipinski definition) is 5. The number of aromatic nitrogens is 2. The Balaban J connectivity index is 2.22. The van der Waals surface area contributed by atoms with Gasteiger partial charge in [-0.1, -0.05) is 11.3 Å². The second-order valence-electron chi connectivity index (χ2n) is 3.83. The minimum Gasteiger partial charge on any atom is -0.383 e. The fraction of sp³-hybridized carbons (Fsp3) is 0. The fourth-order valence-corrected chi connectivity index (χ4v) is 2.95. The summed E-state index contributed by atoms with van der Waals surface area (Å²) in [5, 5.41) is 12.5. The van der Waals surface area contributed by atoms with Gasteiger partial charge in [0.1, 0.15) is 11.5 Å². The quantitative estimate of drug-likeness (QED) is 0.573. The molecule has 0 unspecified atom stereocenters. The second kappa shape index (κ2) is 4.32. The van der Waals surface area contributed by atoms with Crippen LogP contribution in [0.5, 0.6) is 0 Å². The smallest absolute Gasteiger partial charge is 0.324 e. The Bertz CT molecular complexity index is 795. The number of nitro groups is 1. The first-order valence-electron chi connectivity index (χ1n) is 5.23. The van der Waals surface area contributed by atoms with Crippen LogP contribution >= 0.6 is 27.3 Å². The van der Waals surface area contributed by atoms with Crippen molar-refractivity contribution in [2.24, 2.45) is 0 Å². The molecule has 3 aromatic heterocycles. The zero-order valence-corrected chi connectivity index (χ0v) is 11.8. The molecule has 0 radical (unpaired) electrons. The van der Waals surface area contributed by atoms with Gasteiger partial charge in [0, 0.05) is 23.2 Å². The van der Waals surface area contributed by atoms with E-state index in [1.54, 1.807) is 16.0 Å². The Kier molecular flexibility index (Phi) is 2.76. The van der Waals surface area contributed by atoms with Crippen molar-refractivity contribution in [2.45, 2.75) is 0 Å². The maximum Gasteiger partial charge on any atom is 0.324 e. The van der Waals surface area contributed by atoms with E-state index in [0.717, 1.165) is 15.8 Å². The number of thiophene rings is 1. The van der Waals surface area contributed by atoms with E-state index in [1.807, 2.05) is 12.1 Å². The number of pyridine rings is 1. The van der Waals surface area contributed by atoms with Gasteiger partial charge in [-0.25, -0.2) is 4.98 Å². The summed E-state index contributed by atoms with van der Waals surface area (Å²) in [6.45, 7) is 0. The zero-order chi connectivity index (χ0) is 13.6. The van der Waals surface area contributed by atoms with E-state index in [4.69, 9.17) is 5.73 Å². The average molecular weight is 339 g/mol. The van der Waals surface area contributed by atoms with E-state index in [9.17, 15) is 10.1 Å². The maximum atomic E-state index is 10.7. The van der Waals surface area contributed by atoms with E-state index in [-0.39, 0.29) is 5.00 Å². The van der Waals surface area contributed by atoms with Gasteiger partial charge >= 0.3 is 5.00 Å². The number of imidazole rings is 1. The molecule has 0 saturated carbocycles. The first-order valence-corrected chi connectivity index (χ1v) is 6.90. The van der Waals surface area contributed by atoms with Crippen LogP contribution in [-0.2, 0) is 0 Å². The number of hydrogen-bond donors (Lipinski definition) is 1. The van der Waals surface area contributed by atoms with Crippen LogP contribution in [0.1, 0.15) is 0 Å². The SMILES string of the molecule is Nc1c(-c2csc([N+](=O)[O-])c2)nc2c(Br)cccn12. The lowest BCUT2D eigenvalue weighted by atomic mass is 10.2. The van der Waals surface area contributed by atoms with Crippen molar-refractivity contribution in [3.05, 3.63) is 44.4 Å². The van der Waals surface area contributed by atoms with E-state index in [0.29, 0.717) is 22.7 Å². The summed E-state index contributed by atoms with van der Waals surface area (Å²) in [6, 6.07) is 5.19. The third kappa shape index (κ3) is 1.89. The van der Waals surface area contributed by atoms with Crippen molar-refractivity contribution in [3.63, 3.8) is 0 Å². The molecule has 0 bridgehead atoms. The number of anilines is 1. The summed E-state index contributed by atoms with van der Waals surface area (Å²) in [5.41, 5.74) is 7.93. The highest BCUT2D eigenvalue weighted by Crippen LogP contribution is 2.34. The summed E-state index contributed by atoms with van der Waals surface area (Å²) >= 11 is 4.46. The van der Waals surface area contributed by atoms with Gasteiger partial charge < -0.3 is 5.73 Å². The minimum atomic E-state index is -0.421. The van der Waals surface area contributed by atoms with Crippen LogP contribution in [0.25, 0.3) is 16.9 Å². The molecule has 2 N–H and O–H groups in total. The number of fused-ring (bicyclic) bond motifs is 1. The number of halogens is 1. The van der Waals surface area contributed by atoms with Gasteiger partial charge in [0.05, 0.1) is 9.40 Å². The highest BCUT2D eigenvalue weighted by Gasteiger charge is 2.17. The van der Waals surface area contributed by atoms with Gasteiger partial charge in [0.25, 0.3) is 0 Å². The monoisotopic (exact) mass is 338 g/mol. The predicted octanol–water partition coefficient (Wildman–Crippen LogP) is 3.32. The molecule has 3 aromatic rings. The standard InChI is InChI=1S/C11H7BrN4O2S/c12-7-2-1-3-15-10(13)9(14-11(7)15)6-4-8(16(17)18)19-5-6/h1-5H,13H2. The van der Waals surface area contributed by atoms with E-state index in [1.165, 1.54) is 6.07 Å². The van der Waals surface area contributed by atoms with Crippen LogP contribution < -0.4 is 5.73 Å². The van der Waals surface area contributed by atoms with Crippen molar-refractivity contribution in [3.8, 4) is 11.3 Å². The van der Waals surface area contributed by atoms with Gasteiger partial charge in [-0.05, 0) is 28.1 Å². The van der Waals surface area contributed by atoms with E-state index < -0.39 is 4.92 Å². The molecule has 0 aliphatic heterocycles. The Hall–Kier alpha value is -1.93. The molecule has 8 heteroatoms. The van der Waals surface area contributed by atoms with Crippen LogP contribution in [0, 0.1) is 10.1 Å². The Morgan fingerprint density at radius 3 is 2.95 bits per heavy atom. The number of rotatable bonds is 2. The lowest BCUT2D eigenvalue weighted by molar-refractivity contribution is -0.380. The summed E-state index contributed by atoms with van der Waals surface area (Å²) in [4.78, 5) is 14.7. The summed E-state index contributed by atoms with van der Waals surface area (Å²) < 4.78 is 2.56.